The zero-order valence-corrected chi connectivity index (χ0v) is 16.1. The average Bonchev–Trinajstić information content (AvgIpc) is 2.98. The van der Waals surface area contributed by atoms with Crippen LogP contribution in [0.1, 0.15) is 31.2 Å². The van der Waals surface area contributed by atoms with Crippen LogP contribution in [0.2, 0.25) is 0 Å². The van der Waals surface area contributed by atoms with E-state index in [0.717, 1.165) is 43.7 Å². The molecule has 4 rings (SSSR count). The monoisotopic (exact) mass is 371 g/mol. The van der Waals surface area contributed by atoms with Crippen molar-refractivity contribution in [2.75, 3.05) is 51.8 Å². The van der Waals surface area contributed by atoms with E-state index in [9.17, 15) is 9.59 Å². The Balaban J connectivity index is 1.39. The normalized spacial score (nSPS) is 24.7. The number of amides is 2. The molecule has 146 valence electrons. The van der Waals surface area contributed by atoms with Gasteiger partial charge >= 0.3 is 0 Å². The number of carbonyl (C=O) groups is 2. The molecule has 1 N–H and O–H groups in total. The Morgan fingerprint density at radius 2 is 2.04 bits per heavy atom. The Morgan fingerprint density at radius 1 is 1.26 bits per heavy atom. The number of para-hydroxylation sites is 1. The van der Waals surface area contributed by atoms with Crippen molar-refractivity contribution in [1.29, 1.82) is 0 Å². The summed E-state index contributed by atoms with van der Waals surface area (Å²) in [5.74, 6) is 0.437. The number of fused-ring (bicyclic) bond motifs is 2. The molecular formula is C21H29N3O3. The number of benzene rings is 1. The Morgan fingerprint density at radius 3 is 2.81 bits per heavy atom. The number of nitrogens with one attached hydrogen (secondary N) is 1. The van der Waals surface area contributed by atoms with Gasteiger partial charge in [0.1, 0.15) is 0 Å². The molecule has 0 bridgehead atoms. The van der Waals surface area contributed by atoms with Gasteiger partial charge in [-0.05, 0) is 43.9 Å². The average molecular weight is 371 g/mol. The third kappa shape index (κ3) is 3.36. The van der Waals surface area contributed by atoms with Gasteiger partial charge in [-0.1, -0.05) is 18.2 Å². The molecule has 27 heavy (non-hydrogen) atoms. The number of hydrogen-bond acceptors (Lipinski definition) is 4. The van der Waals surface area contributed by atoms with Crippen LogP contribution in [-0.4, -0.2) is 68.1 Å². The smallest absolute Gasteiger partial charge is 0.235 e. The zero-order valence-electron chi connectivity index (χ0n) is 16.1. The fourth-order valence-electron chi connectivity index (χ4n) is 4.92. The number of likely N-dealkylation sites (tertiary alicyclic amines) is 2. The van der Waals surface area contributed by atoms with Crippen molar-refractivity contribution >= 4 is 17.5 Å². The molecule has 3 aliphatic heterocycles. The molecule has 0 aromatic heterocycles. The zero-order chi connectivity index (χ0) is 18.9. The van der Waals surface area contributed by atoms with Gasteiger partial charge in [-0.2, -0.15) is 0 Å². The van der Waals surface area contributed by atoms with Crippen molar-refractivity contribution in [1.82, 2.24) is 9.80 Å². The molecule has 1 atom stereocenters. The van der Waals surface area contributed by atoms with Crippen LogP contribution in [0.4, 0.5) is 5.69 Å². The van der Waals surface area contributed by atoms with E-state index in [1.807, 2.05) is 23.1 Å². The maximum absolute atomic E-state index is 13.1. The quantitative estimate of drug-likeness (QED) is 0.878. The number of ether oxygens (including phenoxy) is 1. The molecule has 3 heterocycles. The minimum absolute atomic E-state index is 0.0781. The predicted molar refractivity (Wildman–Crippen MR) is 104 cm³/mol. The highest BCUT2D eigenvalue weighted by Crippen LogP contribution is 2.44. The van der Waals surface area contributed by atoms with Crippen molar-refractivity contribution in [3.8, 4) is 0 Å². The first-order chi connectivity index (χ1) is 13.1. The van der Waals surface area contributed by atoms with Gasteiger partial charge < -0.3 is 19.9 Å². The summed E-state index contributed by atoms with van der Waals surface area (Å²) in [6.45, 7) is 4.80. The molecule has 6 nitrogen and oxygen atoms in total. The summed E-state index contributed by atoms with van der Waals surface area (Å²) in [4.78, 5) is 30.1. The van der Waals surface area contributed by atoms with Crippen molar-refractivity contribution in [2.45, 2.75) is 31.1 Å². The Labute approximate surface area is 160 Å². The largest absolute Gasteiger partial charge is 0.383 e. The fraction of sp³-hybridized carbons (Fsp3) is 0.619. The lowest BCUT2D eigenvalue weighted by atomic mass is 9.73. The minimum Gasteiger partial charge on any atom is -0.383 e. The van der Waals surface area contributed by atoms with Crippen molar-refractivity contribution < 1.29 is 14.3 Å². The van der Waals surface area contributed by atoms with Crippen LogP contribution >= 0.6 is 0 Å². The molecule has 2 amide bonds. The first-order valence-corrected chi connectivity index (χ1v) is 10.0. The molecule has 0 aliphatic carbocycles. The number of methoxy groups -OCH3 is 1. The first kappa shape index (κ1) is 18.4. The molecule has 2 saturated heterocycles. The van der Waals surface area contributed by atoms with E-state index < -0.39 is 5.41 Å². The number of nitrogens with zero attached hydrogens (tertiary/aromatic N) is 2. The summed E-state index contributed by atoms with van der Waals surface area (Å²) in [5, 5.41) is 3.03. The van der Waals surface area contributed by atoms with Crippen molar-refractivity contribution in [2.24, 2.45) is 5.92 Å². The highest BCUT2D eigenvalue weighted by Gasteiger charge is 2.49. The highest BCUT2D eigenvalue weighted by molar-refractivity contribution is 6.06. The molecule has 1 unspecified atom stereocenters. The second-order valence-corrected chi connectivity index (χ2v) is 8.04. The summed E-state index contributed by atoms with van der Waals surface area (Å²) in [6, 6.07) is 7.97. The predicted octanol–water partition coefficient (Wildman–Crippen LogP) is 1.86. The summed E-state index contributed by atoms with van der Waals surface area (Å²) >= 11 is 0. The SMILES string of the molecule is COCCN1CCCC(C(=O)N2CCC3(CC2)C(=O)Nc2ccccc23)C1. The lowest BCUT2D eigenvalue weighted by Crippen LogP contribution is -2.51. The van der Waals surface area contributed by atoms with Crippen LogP contribution in [0.5, 0.6) is 0 Å². The second kappa shape index (κ2) is 7.60. The van der Waals surface area contributed by atoms with Gasteiger partial charge in [0, 0.05) is 39.0 Å². The van der Waals surface area contributed by atoms with Crippen LogP contribution in [0.25, 0.3) is 0 Å². The van der Waals surface area contributed by atoms with E-state index in [2.05, 4.69) is 16.3 Å². The minimum atomic E-state index is -0.454. The van der Waals surface area contributed by atoms with Crippen LogP contribution in [0.3, 0.4) is 0 Å². The number of carbonyl (C=O) groups excluding carboxylic acids is 2. The standard InChI is InChI=1S/C21H29N3O3/c1-27-14-13-23-10-4-5-16(15-23)19(25)24-11-8-21(9-12-24)17-6-2-3-7-18(17)22-20(21)26/h2-3,6-7,16H,4-5,8-15H2,1H3,(H,22,26). The van der Waals surface area contributed by atoms with Gasteiger partial charge in [0.2, 0.25) is 11.8 Å². The summed E-state index contributed by atoms with van der Waals surface area (Å²) in [7, 11) is 1.72. The number of anilines is 1. The van der Waals surface area contributed by atoms with Gasteiger partial charge in [-0.25, -0.2) is 0 Å². The molecule has 1 spiro atoms. The van der Waals surface area contributed by atoms with Gasteiger partial charge in [-0.15, -0.1) is 0 Å². The molecule has 1 aromatic carbocycles. The van der Waals surface area contributed by atoms with E-state index in [4.69, 9.17) is 4.74 Å². The highest BCUT2D eigenvalue weighted by atomic mass is 16.5. The van der Waals surface area contributed by atoms with Crippen LogP contribution in [-0.2, 0) is 19.7 Å². The third-order valence-corrected chi connectivity index (χ3v) is 6.52. The van der Waals surface area contributed by atoms with Crippen molar-refractivity contribution in [3.05, 3.63) is 29.8 Å². The third-order valence-electron chi connectivity index (χ3n) is 6.52. The lowest BCUT2D eigenvalue weighted by Gasteiger charge is -2.41. The summed E-state index contributed by atoms with van der Waals surface area (Å²) in [6.07, 6.45) is 3.45. The number of piperidine rings is 2. The van der Waals surface area contributed by atoms with Gasteiger partial charge in [-0.3, -0.25) is 9.59 Å². The van der Waals surface area contributed by atoms with E-state index in [-0.39, 0.29) is 17.7 Å². The molecule has 3 aliphatic rings. The van der Waals surface area contributed by atoms with Gasteiger partial charge in [0.15, 0.2) is 0 Å². The van der Waals surface area contributed by atoms with Crippen molar-refractivity contribution in [3.63, 3.8) is 0 Å². The van der Waals surface area contributed by atoms with Gasteiger partial charge in [0.25, 0.3) is 0 Å². The van der Waals surface area contributed by atoms with Gasteiger partial charge in [0.05, 0.1) is 17.9 Å². The van der Waals surface area contributed by atoms with Crippen LogP contribution < -0.4 is 5.32 Å². The van der Waals surface area contributed by atoms with Crippen LogP contribution in [0.15, 0.2) is 24.3 Å². The van der Waals surface area contributed by atoms with Crippen LogP contribution in [0, 0.1) is 5.92 Å². The maximum atomic E-state index is 13.1. The van der Waals surface area contributed by atoms with E-state index in [1.165, 1.54) is 0 Å². The molecule has 1 aromatic rings. The summed E-state index contributed by atoms with van der Waals surface area (Å²) < 4.78 is 5.17. The van der Waals surface area contributed by atoms with E-state index in [0.29, 0.717) is 32.5 Å². The Bertz CT molecular complexity index is 712. The first-order valence-electron chi connectivity index (χ1n) is 10.0. The maximum Gasteiger partial charge on any atom is 0.235 e. The molecule has 0 radical (unpaired) electrons. The van der Waals surface area contributed by atoms with E-state index in [1.54, 1.807) is 7.11 Å². The number of hydrogen-bond donors (Lipinski definition) is 1. The lowest BCUT2D eigenvalue weighted by molar-refractivity contribution is -0.140. The molecule has 0 saturated carbocycles. The molecule has 2 fully saturated rings. The van der Waals surface area contributed by atoms with E-state index >= 15 is 0 Å². The Hall–Kier alpha value is -1.92. The number of rotatable bonds is 4. The summed E-state index contributed by atoms with van der Waals surface area (Å²) in [5.41, 5.74) is 1.58. The second-order valence-electron chi connectivity index (χ2n) is 8.04. The molecule has 6 heteroatoms. The fourth-order valence-corrected chi connectivity index (χ4v) is 4.92. The topological polar surface area (TPSA) is 61.9 Å². The molecular weight excluding hydrogens is 342 g/mol. The Kier molecular flexibility index (Phi) is 5.19.